The first-order chi connectivity index (χ1) is 15.2. The summed E-state index contributed by atoms with van der Waals surface area (Å²) in [5.41, 5.74) is 6.07. The minimum Gasteiger partial charge on any atom is -0.483 e. The van der Waals surface area contributed by atoms with E-state index in [4.69, 9.17) is 50.0 Å². The average Bonchev–Trinajstić information content (AvgIpc) is 2.76. The number of nitrogens with zero attached hydrogens (tertiary/aromatic N) is 1. The number of carbonyl (C=O) groups is 1. The van der Waals surface area contributed by atoms with E-state index in [0.29, 0.717) is 15.8 Å². The Balaban J connectivity index is 0.00000385. The Kier molecular flexibility index (Phi) is 9.58. The van der Waals surface area contributed by atoms with Crippen molar-refractivity contribution in [3.8, 4) is 17.4 Å². The summed E-state index contributed by atoms with van der Waals surface area (Å²) < 4.78 is 11.9. The number of hydrogen-bond donors (Lipinski definition) is 1. The fourth-order valence-corrected chi connectivity index (χ4v) is 3.14. The Morgan fingerprint density at radius 3 is 2.36 bits per heavy atom. The maximum atomic E-state index is 12.9. The lowest BCUT2D eigenvalue weighted by molar-refractivity contribution is 0.104. The van der Waals surface area contributed by atoms with E-state index < -0.39 is 5.60 Å². The van der Waals surface area contributed by atoms with Gasteiger partial charge in [-0.15, -0.1) is 12.4 Å². The Morgan fingerprint density at radius 2 is 1.70 bits per heavy atom. The van der Waals surface area contributed by atoms with Gasteiger partial charge in [-0.3, -0.25) is 4.79 Å². The third kappa shape index (κ3) is 7.10. The van der Waals surface area contributed by atoms with Crippen LogP contribution < -0.4 is 15.2 Å². The zero-order valence-electron chi connectivity index (χ0n) is 17.8. The molecule has 5 nitrogen and oxygen atoms in total. The molecular formula is C24H22Cl4N2O3. The molecule has 0 aliphatic rings. The number of halogens is 4. The molecule has 0 atom stereocenters. The summed E-state index contributed by atoms with van der Waals surface area (Å²) in [7, 11) is 0. The molecule has 0 saturated carbocycles. The first-order valence-electron chi connectivity index (χ1n) is 9.68. The van der Waals surface area contributed by atoms with Crippen LogP contribution in [0, 0.1) is 0 Å². The van der Waals surface area contributed by atoms with Crippen LogP contribution in [0.4, 0.5) is 0 Å². The van der Waals surface area contributed by atoms with Crippen molar-refractivity contribution in [1.82, 2.24) is 4.98 Å². The van der Waals surface area contributed by atoms with Crippen molar-refractivity contribution in [2.45, 2.75) is 19.4 Å². The van der Waals surface area contributed by atoms with Gasteiger partial charge in [-0.05, 0) is 49.8 Å². The van der Waals surface area contributed by atoms with Crippen LogP contribution in [0.1, 0.15) is 29.8 Å². The molecule has 0 fully saturated rings. The Labute approximate surface area is 213 Å². The van der Waals surface area contributed by atoms with Gasteiger partial charge in [-0.1, -0.05) is 53.0 Å². The van der Waals surface area contributed by atoms with Crippen molar-refractivity contribution < 1.29 is 14.3 Å². The van der Waals surface area contributed by atoms with Gasteiger partial charge in [0.25, 0.3) is 0 Å². The molecule has 2 aromatic carbocycles. The topological polar surface area (TPSA) is 74.4 Å². The van der Waals surface area contributed by atoms with Gasteiger partial charge in [0.15, 0.2) is 17.3 Å². The monoisotopic (exact) mass is 526 g/mol. The van der Waals surface area contributed by atoms with E-state index >= 15 is 0 Å². The van der Waals surface area contributed by atoms with Crippen molar-refractivity contribution in [3.63, 3.8) is 0 Å². The number of nitrogens with two attached hydrogens (primary N) is 1. The molecule has 2 N–H and O–H groups in total. The van der Waals surface area contributed by atoms with Crippen LogP contribution in [0.3, 0.4) is 0 Å². The van der Waals surface area contributed by atoms with E-state index in [1.165, 1.54) is 18.3 Å². The number of rotatable bonds is 8. The fraction of sp³-hybridized carbons (Fsp3) is 0.167. The second-order valence-corrected chi connectivity index (χ2v) is 8.68. The standard InChI is InChI=1S/C24H21Cl3N2O3.ClH/c1-24(2,14-28)32-22-13-19(27)18(26)12-21(22)31-23-16(7-5-11-29-23)20(30)10-9-15-6-3-4-8-17(15)25;/h3-13H,14,28H2,1-2H3;1H. The lowest BCUT2D eigenvalue weighted by atomic mass is 10.1. The normalized spacial score (nSPS) is 11.2. The van der Waals surface area contributed by atoms with Gasteiger partial charge in [0, 0.05) is 29.9 Å². The zero-order valence-corrected chi connectivity index (χ0v) is 20.9. The largest absolute Gasteiger partial charge is 0.483 e. The zero-order chi connectivity index (χ0) is 23.3. The van der Waals surface area contributed by atoms with Gasteiger partial charge >= 0.3 is 0 Å². The molecule has 0 aliphatic heterocycles. The first kappa shape index (κ1) is 27.0. The van der Waals surface area contributed by atoms with E-state index in [0.717, 1.165) is 5.56 Å². The number of carbonyl (C=O) groups excluding carboxylic acids is 1. The number of ether oxygens (including phenoxy) is 2. The maximum absolute atomic E-state index is 12.9. The Hall–Kier alpha value is -2.28. The number of benzene rings is 2. The molecule has 0 unspecified atom stereocenters. The number of hydrogen-bond acceptors (Lipinski definition) is 5. The number of aromatic nitrogens is 1. The molecule has 3 rings (SSSR count). The highest BCUT2D eigenvalue weighted by Gasteiger charge is 2.22. The summed E-state index contributed by atoms with van der Waals surface area (Å²) in [5.74, 6) is 0.363. The third-order valence-corrected chi connectivity index (χ3v) is 5.49. The van der Waals surface area contributed by atoms with Crippen molar-refractivity contribution >= 4 is 59.1 Å². The quantitative estimate of drug-likeness (QED) is 0.246. The van der Waals surface area contributed by atoms with Crippen molar-refractivity contribution in [3.05, 3.63) is 87.0 Å². The molecule has 0 amide bonds. The van der Waals surface area contributed by atoms with Gasteiger partial charge in [0.1, 0.15) is 5.60 Å². The predicted molar refractivity (Wildman–Crippen MR) is 137 cm³/mol. The molecule has 33 heavy (non-hydrogen) atoms. The van der Waals surface area contributed by atoms with E-state index in [1.807, 2.05) is 32.0 Å². The molecule has 1 aromatic heterocycles. The maximum Gasteiger partial charge on any atom is 0.230 e. The van der Waals surface area contributed by atoms with Gasteiger partial charge in [0.2, 0.25) is 5.88 Å². The van der Waals surface area contributed by atoms with Crippen LogP contribution in [-0.4, -0.2) is 22.9 Å². The van der Waals surface area contributed by atoms with Gasteiger partial charge < -0.3 is 15.2 Å². The fourth-order valence-electron chi connectivity index (χ4n) is 2.64. The Morgan fingerprint density at radius 1 is 1.03 bits per heavy atom. The number of ketones is 1. The van der Waals surface area contributed by atoms with Gasteiger partial charge in [-0.2, -0.15) is 0 Å². The Bertz CT molecular complexity index is 1170. The molecular weight excluding hydrogens is 506 g/mol. The SMILES string of the molecule is CC(C)(CN)Oc1cc(Cl)c(Cl)cc1Oc1ncccc1C(=O)C=Cc1ccccc1Cl.Cl. The van der Waals surface area contributed by atoms with Gasteiger partial charge in [-0.25, -0.2) is 4.98 Å². The minimum atomic E-state index is -0.685. The third-order valence-electron chi connectivity index (χ3n) is 4.43. The van der Waals surface area contributed by atoms with Crippen molar-refractivity contribution in [2.75, 3.05) is 6.54 Å². The smallest absolute Gasteiger partial charge is 0.230 e. The van der Waals surface area contributed by atoms with Crippen LogP contribution in [0.15, 0.2) is 60.8 Å². The van der Waals surface area contributed by atoms with E-state index in [2.05, 4.69) is 4.98 Å². The van der Waals surface area contributed by atoms with E-state index in [1.54, 1.807) is 30.3 Å². The minimum absolute atomic E-state index is 0. The van der Waals surface area contributed by atoms with Crippen LogP contribution >= 0.6 is 47.2 Å². The van der Waals surface area contributed by atoms with E-state index in [9.17, 15) is 4.79 Å². The second kappa shape index (κ2) is 11.7. The molecule has 0 bridgehead atoms. The highest BCUT2D eigenvalue weighted by atomic mass is 35.5. The molecule has 0 aliphatic carbocycles. The lowest BCUT2D eigenvalue weighted by Crippen LogP contribution is -2.37. The van der Waals surface area contributed by atoms with E-state index in [-0.39, 0.29) is 47.0 Å². The average molecular weight is 528 g/mol. The number of pyridine rings is 1. The summed E-state index contributed by atoms with van der Waals surface area (Å²) in [6.45, 7) is 3.91. The first-order valence-corrected chi connectivity index (χ1v) is 10.8. The summed E-state index contributed by atoms with van der Waals surface area (Å²) in [4.78, 5) is 17.1. The van der Waals surface area contributed by atoms with Gasteiger partial charge in [0.05, 0.1) is 15.6 Å². The highest BCUT2D eigenvalue weighted by Crippen LogP contribution is 2.40. The summed E-state index contributed by atoms with van der Waals surface area (Å²) >= 11 is 18.5. The second-order valence-electron chi connectivity index (χ2n) is 7.46. The molecule has 3 aromatic rings. The van der Waals surface area contributed by atoms with Crippen molar-refractivity contribution in [2.24, 2.45) is 5.73 Å². The number of allylic oxidation sites excluding steroid dienone is 1. The predicted octanol–water partition coefficient (Wildman–Crippen LogP) is 7.27. The molecule has 174 valence electrons. The summed E-state index contributed by atoms with van der Waals surface area (Å²) in [5, 5.41) is 1.10. The van der Waals surface area contributed by atoms with Crippen LogP contribution in [0.5, 0.6) is 17.4 Å². The summed E-state index contributed by atoms with van der Waals surface area (Å²) in [6.07, 6.45) is 4.57. The summed E-state index contributed by atoms with van der Waals surface area (Å²) in [6, 6.07) is 13.5. The molecule has 0 radical (unpaired) electrons. The molecule has 1 heterocycles. The van der Waals surface area contributed by atoms with Crippen LogP contribution in [0.25, 0.3) is 6.08 Å². The molecule has 9 heteroatoms. The van der Waals surface area contributed by atoms with Crippen LogP contribution in [0.2, 0.25) is 15.1 Å². The highest BCUT2D eigenvalue weighted by molar-refractivity contribution is 6.42. The lowest BCUT2D eigenvalue weighted by Gasteiger charge is -2.26. The van der Waals surface area contributed by atoms with Crippen LogP contribution in [-0.2, 0) is 0 Å². The molecule has 0 saturated heterocycles. The van der Waals surface area contributed by atoms with Crippen molar-refractivity contribution in [1.29, 1.82) is 0 Å². The molecule has 0 spiro atoms.